The lowest BCUT2D eigenvalue weighted by Crippen LogP contribution is -2.25. The van der Waals surface area contributed by atoms with E-state index < -0.39 is 0 Å². The lowest BCUT2D eigenvalue weighted by Gasteiger charge is -2.19. The molecule has 1 saturated carbocycles. The summed E-state index contributed by atoms with van der Waals surface area (Å²) in [6.45, 7) is 1.41. The van der Waals surface area contributed by atoms with Crippen LogP contribution in [0.4, 0.5) is 10.1 Å². The average Bonchev–Trinajstić information content (AvgIpc) is 3.41. The molecule has 3 nitrogen and oxygen atoms in total. The Hall–Kier alpha value is -1.33. The zero-order valence-corrected chi connectivity index (χ0v) is 16.1. The van der Waals surface area contributed by atoms with Crippen molar-refractivity contribution in [3.05, 3.63) is 62.9 Å². The second-order valence-corrected chi connectivity index (χ2v) is 7.36. The molecule has 1 heterocycles. The van der Waals surface area contributed by atoms with E-state index in [2.05, 4.69) is 10.6 Å². The third-order valence-electron chi connectivity index (χ3n) is 4.97. The van der Waals surface area contributed by atoms with Crippen molar-refractivity contribution in [3.8, 4) is 0 Å². The molecule has 1 aliphatic carbocycles. The number of anilines is 1. The van der Waals surface area contributed by atoms with Gasteiger partial charge < -0.3 is 10.6 Å². The van der Waals surface area contributed by atoms with E-state index in [4.69, 9.17) is 23.2 Å². The number of fused-ring (bicyclic) bond motifs is 1. The van der Waals surface area contributed by atoms with Gasteiger partial charge in [0, 0.05) is 12.5 Å². The van der Waals surface area contributed by atoms with Gasteiger partial charge in [-0.25, -0.2) is 4.39 Å². The van der Waals surface area contributed by atoms with E-state index in [1.54, 1.807) is 12.1 Å². The number of halogens is 4. The van der Waals surface area contributed by atoms with Crippen molar-refractivity contribution in [2.24, 2.45) is 5.92 Å². The summed E-state index contributed by atoms with van der Waals surface area (Å²) >= 11 is 12.3. The van der Waals surface area contributed by atoms with Crippen LogP contribution in [0.5, 0.6) is 0 Å². The Morgan fingerprint density at radius 3 is 2.85 bits per heavy atom. The summed E-state index contributed by atoms with van der Waals surface area (Å²) in [6.07, 6.45) is 1.33. The van der Waals surface area contributed by atoms with E-state index in [1.165, 1.54) is 0 Å². The van der Waals surface area contributed by atoms with E-state index in [9.17, 15) is 9.18 Å². The molecule has 2 aromatic carbocycles. The van der Waals surface area contributed by atoms with Crippen molar-refractivity contribution < 1.29 is 9.18 Å². The normalized spacial score (nSPS) is 20.7. The summed E-state index contributed by atoms with van der Waals surface area (Å²) in [5.74, 6) is -0.650. The molecule has 1 fully saturated rings. The SMILES string of the molecule is Cl.O=C(Nc1ccc2c(c1F)CCNC2)C1CC1c1cccc(Cl)c1Cl. The highest BCUT2D eigenvalue weighted by Gasteiger charge is 2.45. The maximum atomic E-state index is 14.7. The Morgan fingerprint density at radius 2 is 2.04 bits per heavy atom. The van der Waals surface area contributed by atoms with Gasteiger partial charge >= 0.3 is 0 Å². The van der Waals surface area contributed by atoms with Crippen LogP contribution in [0.3, 0.4) is 0 Å². The van der Waals surface area contributed by atoms with Gasteiger partial charge in [0.1, 0.15) is 5.82 Å². The predicted molar refractivity (Wildman–Crippen MR) is 105 cm³/mol. The molecule has 2 aromatic rings. The molecule has 7 heteroatoms. The molecule has 138 valence electrons. The van der Waals surface area contributed by atoms with Crippen LogP contribution in [0, 0.1) is 11.7 Å². The molecule has 1 aliphatic heterocycles. The van der Waals surface area contributed by atoms with E-state index in [-0.39, 0.29) is 41.7 Å². The molecule has 0 bridgehead atoms. The first-order valence-corrected chi connectivity index (χ1v) is 9.07. The number of hydrogen-bond donors (Lipinski definition) is 2. The van der Waals surface area contributed by atoms with Gasteiger partial charge in [-0.1, -0.05) is 41.4 Å². The number of rotatable bonds is 3. The fraction of sp³-hybridized carbons (Fsp3) is 0.316. The van der Waals surface area contributed by atoms with Gasteiger partial charge in [0.15, 0.2) is 0 Å². The van der Waals surface area contributed by atoms with Gasteiger partial charge in [0.25, 0.3) is 0 Å². The number of carbonyl (C=O) groups excluding carboxylic acids is 1. The summed E-state index contributed by atoms with van der Waals surface area (Å²) in [5, 5.41) is 6.94. The largest absolute Gasteiger partial charge is 0.323 e. The third kappa shape index (κ3) is 3.56. The highest BCUT2D eigenvalue weighted by Crippen LogP contribution is 2.51. The smallest absolute Gasteiger partial charge is 0.228 e. The van der Waals surface area contributed by atoms with Crippen LogP contribution in [-0.4, -0.2) is 12.5 Å². The minimum absolute atomic E-state index is 0. The van der Waals surface area contributed by atoms with E-state index >= 15 is 0 Å². The number of benzene rings is 2. The molecule has 1 amide bonds. The van der Waals surface area contributed by atoms with E-state index in [1.807, 2.05) is 18.2 Å². The van der Waals surface area contributed by atoms with E-state index in [0.29, 0.717) is 35.0 Å². The molecular formula is C19H18Cl3FN2O. The molecular weight excluding hydrogens is 398 g/mol. The van der Waals surface area contributed by atoms with Crippen LogP contribution >= 0.6 is 35.6 Å². The lowest BCUT2D eigenvalue weighted by molar-refractivity contribution is -0.117. The van der Waals surface area contributed by atoms with Crippen LogP contribution in [0.25, 0.3) is 0 Å². The van der Waals surface area contributed by atoms with Gasteiger partial charge in [-0.15, -0.1) is 12.4 Å². The van der Waals surface area contributed by atoms with E-state index in [0.717, 1.165) is 17.7 Å². The minimum atomic E-state index is -0.315. The number of amides is 1. The van der Waals surface area contributed by atoms with Crippen LogP contribution in [0.2, 0.25) is 10.0 Å². The van der Waals surface area contributed by atoms with Crippen LogP contribution in [-0.2, 0) is 17.8 Å². The molecule has 0 aromatic heterocycles. The van der Waals surface area contributed by atoms with Crippen molar-refractivity contribution in [3.63, 3.8) is 0 Å². The Kier molecular flexibility index (Phi) is 5.78. The number of hydrogen-bond acceptors (Lipinski definition) is 2. The van der Waals surface area contributed by atoms with Crippen molar-refractivity contribution >= 4 is 47.2 Å². The van der Waals surface area contributed by atoms with Gasteiger partial charge in [0.05, 0.1) is 15.7 Å². The fourth-order valence-corrected chi connectivity index (χ4v) is 3.94. The first kappa shape index (κ1) is 19.4. The molecule has 0 saturated heterocycles. The number of nitrogens with one attached hydrogen (secondary N) is 2. The van der Waals surface area contributed by atoms with Crippen LogP contribution in [0.15, 0.2) is 30.3 Å². The molecule has 2 unspecified atom stereocenters. The van der Waals surface area contributed by atoms with Gasteiger partial charge in [-0.2, -0.15) is 0 Å². The summed E-state index contributed by atoms with van der Waals surface area (Å²) in [4.78, 5) is 12.5. The third-order valence-corrected chi connectivity index (χ3v) is 5.81. The van der Waals surface area contributed by atoms with Gasteiger partial charge in [-0.3, -0.25) is 4.79 Å². The summed E-state index contributed by atoms with van der Waals surface area (Å²) in [6, 6.07) is 8.95. The molecule has 2 aliphatic rings. The van der Waals surface area contributed by atoms with Crippen LogP contribution in [0.1, 0.15) is 29.0 Å². The molecule has 4 rings (SSSR count). The first-order valence-electron chi connectivity index (χ1n) is 8.32. The molecule has 2 atom stereocenters. The van der Waals surface area contributed by atoms with Gasteiger partial charge in [-0.05, 0) is 54.1 Å². The number of carbonyl (C=O) groups is 1. The summed E-state index contributed by atoms with van der Waals surface area (Å²) in [5.41, 5.74) is 2.79. The molecule has 0 radical (unpaired) electrons. The van der Waals surface area contributed by atoms with Crippen LogP contribution < -0.4 is 10.6 Å². The highest BCUT2D eigenvalue weighted by molar-refractivity contribution is 6.42. The first-order chi connectivity index (χ1) is 12.1. The zero-order valence-electron chi connectivity index (χ0n) is 13.8. The summed E-state index contributed by atoms with van der Waals surface area (Å²) in [7, 11) is 0. The van der Waals surface area contributed by atoms with Crippen molar-refractivity contribution in [2.75, 3.05) is 11.9 Å². The average molecular weight is 416 g/mol. The quantitative estimate of drug-likeness (QED) is 0.745. The standard InChI is InChI=1S/C19H17Cl2FN2O.ClH/c20-15-3-1-2-12(17(15)21)13-8-14(13)19(25)24-16-5-4-10-9-23-7-6-11(10)18(16)22;/h1-5,13-14,23H,6-9H2,(H,24,25);1H. The maximum absolute atomic E-state index is 14.7. The Labute approximate surface area is 167 Å². The molecule has 0 spiro atoms. The lowest BCUT2D eigenvalue weighted by atomic mass is 9.99. The van der Waals surface area contributed by atoms with Crippen molar-refractivity contribution in [2.45, 2.75) is 25.3 Å². The van der Waals surface area contributed by atoms with Crippen molar-refractivity contribution in [1.82, 2.24) is 5.32 Å². The second kappa shape index (κ2) is 7.73. The maximum Gasteiger partial charge on any atom is 0.228 e. The Bertz CT molecular complexity index is 859. The molecule has 26 heavy (non-hydrogen) atoms. The highest BCUT2D eigenvalue weighted by atomic mass is 35.5. The monoisotopic (exact) mass is 414 g/mol. The van der Waals surface area contributed by atoms with Crippen molar-refractivity contribution in [1.29, 1.82) is 0 Å². The fourth-order valence-electron chi connectivity index (χ4n) is 3.49. The predicted octanol–water partition coefficient (Wildman–Crippen LogP) is 4.94. The van der Waals surface area contributed by atoms with Gasteiger partial charge in [0.2, 0.25) is 5.91 Å². The second-order valence-electron chi connectivity index (χ2n) is 6.57. The zero-order chi connectivity index (χ0) is 17.6. The molecule has 2 N–H and O–H groups in total. The summed E-state index contributed by atoms with van der Waals surface area (Å²) < 4.78 is 14.7. The minimum Gasteiger partial charge on any atom is -0.323 e. The Morgan fingerprint density at radius 1 is 1.23 bits per heavy atom. The topological polar surface area (TPSA) is 41.1 Å². The Balaban J connectivity index is 0.00000196.